The van der Waals surface area contributed by atoms with Crippen molar-refractivity contribution in [1.29, 1.82) is 0 Å². The van der Waals surface area contributed by atoms with Gasteiger partial charge in [-0.15, -0.1) is 10.2 Å². The van der Waals surface area contributed by atoms with Crippen LogP contribution in [-0.2, 0) is 11.3 Å². The molecule has 1 amide bonds. The molecule has 106 valence electrons. The summed E-state index contributed by atoms with van der Waals surface area (Å²) < 4.78 is 14.3. The van der Waals surface area contributed by atoms with Gasteiger partial charge in [0.1, 0.15) is 12.4 Å². The predicted molar refractivity (Wildman–Crippen MR) is 75.9 cm³/mol. The molecule has 2 rings (SSSR count). The summed E-state index contributed by atoms with van der Waals surface area (Å²) in [5.41, 5.74) is 6.20. The molecule has 8 heteroatoms. The Kier molecular flexibility index (Phi) is 4.57. The average Bonchev–Trinajstić information content (AvgIpc) is 2.75. The van der Waals surface area contributed by atoms with Crippen molar-refractivity contribution in [2.45, 2.75) is 18.6 Å². The lowest BCUT2D eigenvalue weighted by molar-refractivity contribution is -0.116. The quantitative estimate of drug-likeness (QED) is 0.821. The van der Waals surface area contributed by atoms with E-state index in [0.717, 1.165) is 5.75 Å². The summed E-state index contributed by atoms with van der Waals surface area (Å²) in [6.07, 6.45) is 0. The second kappa shape index (κ2) is 6.38. The number of halogens is 1. The number of nitrogens with two attached hydrogens (primary N) is 1. The molecule has 20 heavy (non-hydrogen) atoms. The van der Waals surface area contributed by atoms with E-state index in [9.17, 15) is 9.18 Å². The third-order valence-electron chi connectivity index (χ3n) is 2.45. The third-order valence-corrected chi connectivity index (χ3v) is 3.30. The van der Waals surface area contributed by atoms with E-state index in [1.54, 1.807) is 0 Å². The van der Waals surface area contributed by atoms with Gasteiger partial charge in [-0.25, -0.2) is 4.39 Å². The molecular formula is C12H14FN5OS. The number of benzene rings is 1. The Morgan fingerprint density at radius 1 is 1.40 bits per heavy atom. The van der Waals surface area contributed by atoms with Crippen LogP contribution in [0.3, 0.4) is 0 Å². The molecule has 1 heterocycles. The predicted octanol–water partition coefficient (Wildman–Crippen LogP) is 1.75. The summed E-state index contributed by atoms with van der Waals surface area (Å²) in [4.78, 5) is 11.9. The van der Waals surface area contributed by atoms with E-state index in [1.165, 1.54) is 40.6 Å². The van der Waals surface area contributed by atoms with Crippen molar-refractivity contribution in [3.8, 4) is 0 Å². The molecule has 0 bridgehead atoms. The van der Waals surface area contributed by atoms with Crippen LogP contribution in [0.15, 0.2) is 29.4 Å². The van der Waals surface area contributed by atoms with Crippen molar-refractivity contribution in [2.24, 2.45) is 0 Å². The van der Waals surface area contributed by atoms with Crippen LogP contribution in [0.1, 0.15) is 6.92 Å². The molecule has 0 aliphatic heterocycles. The maximum atomic E-state index is 12.8. The Morgan fingerprint density at radius 3 is 2.75 bits per heavy atom. The normalized spacial score (nSPS) is 10.5. The van der Waals surface area contributed by atoms with Crippen molar-refractivity contribution in [2.75, 3.05) is 16.8 Å². The molecule has 0 saturated carbocycles. The fraction of sp³-hybridized carbons (Fsp3) is 0.250. The first-order chi connectivity index (χ1) is 9.60. The number of amides is 1. The van der Waals surface area contributed by atoms with Crippen molar-refractivity contribution >= 4 is 29.3 Å². The van der Waals surface area contributed by atoms with E-state index in [4.69, 9.17) is 5.73 Å². The summed E-state index contributed by atoms with van der Waals surface area (Å²) in [5, 5.41) is 10.9. The van der Waals surface area contributed by atoms with E-state index in [0.29, 0.717) is 10.8 Å². The number of rotatable bonds is 5. The first kappa shape index (κ1) is 14.3. The van der Waals surface area contributed by atoms with Gasteiger partial charge in [0.15, 0.2) is 5.16 Å². The Balaban J connectivity index is 2.04. The Hall–Kier alpha value is -2.09. The number of hydrogen-bond donors (Lipinski definition) is 2. The second-order valence-corrected chi connectivity index (χ2v) is 5.15. The average molecular weight is 295 g/mol. The highest BCUT2D eigenvalue weighted by Gasteiger charge is 2.13. The largest absolute Gasteiger partial charge is 0.368 e. The zero-order chi connectivity index (χ0) is 14.5. The van der Waals surface area contributed by atoms with Crippen LogP contribution in [0, 0.1) is 5.82 Å². The number of nitrogens with zero attached hydrogens (tertiary/aromatic N) is 3. The minimum absolute atomic E-state index is 0.0124. The SMILES string of the molecule is CCSc1nnc(N)n1CC(=O)Nc1ccc(F)cc1. The number of nitrogen functional groups attached to an aromatic ring is 1. The summed E-state index contributed by atoms with van der Waals surface area (Å²) in [7, 11) is 0. The zero-order valence-electron chi connectivity index (χ0n) is 10.8. The van der Waals surface area contributed by atoms with E-state index >= 15 is 0 Å². The number of anilines is 2. The number of carbonyl (C=O) groups excluding carboxylic acids is 1. The topological polar surface area (TPSA) is 85.8 Å². The molecular weight excluding hydrogens is 281 g/mol. The molecule has 2 aromatic rings. The van der Waals surface area contributed by atoms with Crippen molar-refractivity contribution in [3.05, 3.63) is 30.1 Å². The number of nitrogens with one attached hydrogen (secondary N) is 1. The van der Waals surface area contributed by atoms with Crippen LogP contribution in [0.2, 0.25) is 0 Å². The molecule has 0 radical (unpaired) electrons. The molecule has 0 fully saturated rings. The zero-order valence-corrected chi connectivity index (χ0v) is 11.7. The van der Waals surface area contributed by atoms with Crippen molar-refractivity contribution < 1.29 is 9.18 Å². The van der Waals surface area contributed by atoms with Gasteiger partial charge in [0.2, 0.25) is 11.9 Å². The molecule has 0 atom stereocenters. The standard InChI is InChI=1S/C12H14FN5OS/c1-2-20-12-17-16-11(14)18(12)7-10(19)15-9-5-3-8(13)4-6-9/h3-6H,2,7H2,1H3,(H2,14,16)(H,15,19). The van der Waals surface area contributed by atoms with Gasteiger partial charge in [-0.05, 0) is 30.0 Å². The van der Waals surface area contributed by atoms with E-state index < -0.39 is 0 Å². The lowest BCUT2D eigenvalue weighted by Crippen LogP contribution is -2.20. The molecule has 3 N–H and O–H groups in total. The fourth-order valence-corrected chi connectivity index (χ4v) is 2.23. The van der Waals surface area contributed by atoms with Gasteiger partial charge in [0.25, 0.3) is 0 Å². The van der Waals surface area contributed by atoms with Crippen LogP contribution in [0.5, 0.6) is 0 Å². The summed E-state index contributed by atoms with van der Waals surface area (Å²) in [6.45, 7) is 1.98. The summed E-state index contributed by atoms with van der Waals surface area (Å²) in [6, 6.07) is 5.54. The smallest absolute Gasteiger partial charge is 0.244 e. The van der Waals surface area contributed by atoms with Gasteiger partial charge in [-0.2, -0.15) is 0 Å². The third kappa shape index (κ3) is 3.47. The molecule has 0 spiro atoms. The summed E-state index contributed by atoms with van der Waals surface area (Å²) in [5.74, 6) is 0.363. The number of thioether (sulfide) groups is 1. The minimum Gasteiger partial charge on any atom is -0.368 e. The maximum Gasteiger partial charge on any atom is 0.244 e. The molecule has 1 aromatic heterocycles. The van der Waals surface area contributed by atoms with Crippen LogP contribution in [-0.4, -0.2) is 26.4 Å². The molecule has 0 unspecified atom stereocenters. The molecule has 0 saturated heterocycles. The maximum absolute atomic E-state index is 12.8. The first-order valence-electron chi connectivity index (χ1n) is 5.97. The molecule has 0 aliphatic carbocycles. The highest BCUT2D eigenvalue weighted by atomic mass is 32.2. The van der Waals surface area contributed by atoms with Gasteiger partial charge >= 0.3 is 0 Å². The van der Waals surface area contributed by atoms with Gasteiger partial charge < -0.3 is 11.1 Å². The van der Waals surface area contributed by atoms with Crippen molar-refractivity contribution in [1.82, 2.24) is 14.8 Å². The number of hydrogen-bond acceptors (Lipinski definition) is 5. The van der Waals surface area contributed by atoms with Crippen molar-refractivity contribution in [3.63, 3.8) is 0 Å². The lowest BCUT2D eigenvalue weighted by atomic mass is 10.3. The first-order valence-corrected chi connectivity index (χ1v) is 6.95. The highest BCUT2D eigenvalue weighted by Crippen LogP contribution is 2.17. The lowest BCUT2D eigenvalue weighted by Gasteiger charge is -2.08. The van der Waals surface area contributed by atoms with E-state index in [1.807, 2.05) is 6.92 Å². The molecule has 0 aliphatic rings. The molecule has 1 aromatic carbocycles. The Labute approximate surface area is 119 Å². The van der Waals surface area contributed by atoms with Crippen LogP contribution in [0.25, 0.3) is 0 Å². The molecule has 6 nitrogen and oxygen atoms in total. The van der Waals surface area contributed by atoms with Gasteiger partial charge in [-0.3, -0.25) is 9.36 Å². The van der Waals surface area contributed by atoms with E-state index in [2.05, 4.69) is 15.5 Å². The van der Waals surface area contributed by atoms with Gasteiger partial charge in [-0.1, -0.05) is 18.7 Å². The van der Waals surface area contributed by atoms with Gasteiger partial charge in [0.05, 0.1) is 0 Å². The minimum atomic E-state index is -0.354. The Morgan fingerprint density at radius 2 is 2.10 bits per heavy atom. The number of aromatic nitrogens is 3. The van der Waals surface area contributed by atoms with Crippen LogP contribution in [0.4, 0.5) is 16.0 Å². The number of carbonyl (C=O) groups is 1. The van der Waals surface area contributed by atoms with E-state index in [-0.39, 0.29) is 24.2 Å². The fourth-order valence-electron chi connectivity index (χ4n) is 1.56. The summed E-state index contributed by atoms with van der Waals surface area (Å²) >= 11 is 1.45. The Bertz CT molecular complexity index is 598. The van der Waals surface area contributed by atoms with Crippen LogP contribution < -0.4 is 11.1 Å². The highest BCUT2D eigenvalue weighted by molar-refractivity contribution is 7.99. The van der Waals surface area contributed by atoms with Gasteiger partial charge in [0, 0.05) is 5.69 Å². The monoisotopic (exact) mass is 295 g/mol. The second-order valence-electron chi connectivity index (χ2n) is 3.92. The van der Waals surface area contributed by atoms with Crippen LogP contribution >= 0.6 is 11.8 Å².